The number of para-hydroxylation sites is 4. The first-order chi connectivity index (χ1) is 30.2. The van der Waals surface area contributed by atoms with Crippen LogP contribution in [0.5, 0.6) is 0 Å². The van der Waals surface area contributed by atoms with E-state index in [0.717, 1.165) is 61.4 Å². The lowest BCUT2D eigenvalue weighted by molar-refractivity contribution is 0.723. The Morgan fingerprint density at radius 3 is 1.69 bits per heavy atom. The molecule has 284 valence electrons. The molecule has 61 heavy (non-hydrogen) atoms. The molecule has 0 saturated heterocycles. The van der Waals surface area contributed by atoms with E-state index in [2.05, 4.69) is 211 Å². The minimum atomic E-state index is -0.436. The van der Waals surface area contributed by atoms with E-state index in [4.69, 9.17) is 9.97 Å². The molecule has 2 aromatic heterocycles. The maximum absolute atomic E-state index is 5.42. The fraction of sp³-hybridized carbons (Fsp3) is 0.0175. The molecule has 3 nitrogen and oxygen atoms in total. The first kappa shape index (κ1) is 34.3. The third-order valence-corrected chi connectivity index (χ3v) is 14.0. The van der Waals surface area contributed by atoms with Crippen LogP contribution in [-0.4, -0.2) is 14.5 Å². The molecule has 0 amide bonds. The van der Waals surface area contributed by atoms with Crippen molar-refractivity contribution < 1.29 is 0 Å². The van der Waals surface area contributed by atoms with Gasteiger partial charge in [-0.05, 0) is 104 Å². The number of pyridine rings is 1. The lowest BCUT2D eigenvalue weighted by Gasteiger charge is -2.39. The van der Waals surface area contributed by atoms with Crippen LogP contribution in [0.2, 0.25) is 0 Å². The average molecular weight is 794 g/mol. The van der Waals surface area contributed by atoms with Crippen molar-refractivity contribution >= 4 is 44.5 Å². The SMILES string of the molecule is c1ccc(-n2c(-c3ccc(-c4ccc(-c5nc6ccccc6c6cc7c(cc56)-c5ccccc5C75c6ccccc6Sc6ccccc65)cc4)cc3)nc3ccccc32)cc1. The smallest absolute Gasteiger partial charge is 0.145 e. The maximum Gasteiger partial charge on any atom is 0.145 e. The Bertz CT molecular complexity index is 3500. The van der Waals surface area contributed by atoms with Crippen LogP contribution >= 0.6 is 11.8 Å². The van der Waals surface area contributed by atoms with Crippen molar-refractivity contribution in [3.05, 3.63) is 235 Å². The zero-order valence-electron chi connectivity index (χ0n) is 33.0. The Kier molecular flexibility index (Phi) is 7.45. The van der Waals surface area contributed by atoms with Crippen molar-refractivity contribution in [2.24, 2.45) is 0 Å². The van der Waals surface area contributed by atoms with Crippen molar-refractivity contribution in [3.63, 3.8) is 0 Å². The lowest BCUT2D eigenvalue weighted by Crippen LogP contribution is -2.31. The van der Waals surface area contributed by atoms with Crippen molar-refractivity contribution in [2.75, 3.05) is 0 Å². The van der Waals surface area contributed by atoms with E-state index in [9.17, 15) is 0 Å². The standard InChI is InChI=1S/C57H35N3S/c1-2-14-40(15-3-1)60-52-23-11-10-22-51(52)59-56(60)39-32-28-37(29-33-39)36-26-30-38(31-27-36)55-45-34-44-41-16-4-6-18-46(41)57(49(44)35-43(45)42-17-5-9-21-50(42)58-55)47-19-7-12-24-53(47)61-54-25-13-8-20-48(54)57/h1-35H. The molecule has 11 aromatic rings. The number of hydrogen-bond acceptors (Lipinski definition) is 3. The molecule has 1 spiro atoms. The van der Waals surface area contributed by atoms with Gasteiger partial charge < -0.3 is 0 Å². The van der Waals surface area contributed by atoms with Crippen LogP contribution in [0.25, 0.3) is 83.3 Å². The summed E-state index contributed by atoms with van der Waals surface area (Å²) in [6, 6.07) is 77.2. The zero-order chi connectivity index (χ0) is 40.1. The third kappa shape index (κ3) is 5.00. The van der Waals surface area contributed by atoms with Gasteiger partial charge in [-0.1, -0.05) is 169 Å². The molecule has 0 fully saturated rings. The van der Waals surface area contributed by atoms with Crippen LogP contribution in [0.1, 0.15) is 22.3 Å². The van der Waals surface area contributed by atoms with Crippen LogP contribution in [0.15, 0.2) is 222 Å². The number of benzene rings is 9. The fourth-order valence-corrected chi connectivity index (χ4v) is 11.4. The predicted octanol–water partition coefficient (Wildman–Crippen LogP) is 14.6. The molecule has 13 rings (SSSR count). The molecule has 0 radical (unpaired) electrons. The number of rotatable bonds is 4. The summed E-state index contributed by atoms with van der Waals surface area (Å²) in [6.45, 7) is 0. The highest BCUT2D eigenvalue weighted by atomic mass is 32.2. The van der Waals surface area contributed by atoms with E-state index < -0.39 is 5.41 Å². The first-order valence-corrected chi connectivity index (χ1v) is 21.6. The highest BCUT2D eigenvalue weighted by molar-refractivity contribution is 7.99. The normalized spacial score (nSPS) is 13.3. The first-order valence-electron chi connectivity index (χ1n) is 20.8. The van der Waals surface area contributed by atoms with Gasteiger partial charge in [0.15, 0.2) is 0 Å². The Hall–Kier alpha value is -7.53. The molecule has 1 aliphatic carbocycles. The second-order valence-corrected chi connectivity index (χ2v) is 17.1. The molecule has 0 N–H and O–H groups in total. The number of hydrogen-bond donors (Lipinski definition) is 0. The Balaban J connectivity index is 0.949. The highest BCUT2D eigenvalue weighted by Gasteiger charge is 2.50. The van der Waals surface area contributed by atoms with Gasteiger partial charge in [-0.3, -0.25) is 4.57 Å². The summed E-state index contributed by atoms with van der Waals surface area (Å²) >= 11 is 1.88. The molecular formula is C57H35N3S. The molecule has 9 aromatic carbocycles. The van der Waals surface area contributed by atoms with Crippen molar-refractivity contribution in [3.8, 4) is 50.6 Å². The van der Waals surface area contributed by atoms with E-state index in [1.54, 1.807) is 0 Å². The van der Waals surface area contributed by atoms with E-state index in [1.165, 1.54) is 53.9 Å². The number of aromatic nitrogens is 3. The second kappa shape index (κ2) is 13.2. The summed E-state index contributed by atoms with van der Waals surface area (Å²) in [4.78, 5) is 13.1. The summed E-state index contributed by atoms with van der Waals surface area (Å²) in [5, 5.41) is 3.55. The van der Waals surface area contributed by atoms with Gasteiger partial charge in [0.2, 0.25) is 0 Å². The fourth-order valence-electron chi connectivity index (χ4n) is 10.2. The minimum Gasteiger partial charge on any atom is -0.292 e. The van der Waals surface area contributed by atoms with Crippen molar-refractivity contribution in [1.82, 2.24) is 14.5 Å². The molecule has 2 aliphatic rings. The third-order valence-electron chi connectivity index (χ3n) is 12.9. The van der Waals surface area contributed by atoms with Gasteiger partial charge in [0.05, 0.1) is 27.7 Å². The highest BCUT2D eigenvalue weighted by Crippen LogP contribution is 2.62. The van der Waals surface area contributed by atoms with Gasteiger partial charge in [0.25, 0.3) is 0 Å². The number of nitrogens with zero attached hydrogens (tertiary/aromatic N) is 3. The molecular weight excluding hydrogens is 759 g/mol. The van der Waals surface area contributed by atoms with E-state index in [1.807, 2.05) is 17.8 Å². The molecule has 0 saturated carbocycles. The van der Waals surface area contributed by atoms with Crippen LogP contribution in [-0.2, 0) is 5.41 Å². The van der Waals surface area contributed by atoms with E-state index >= 15 is 0 Å². The Morgan fingerprint density at radius 2 is 0.951 bits per heavy atom. The Labute approximate surface area is 357 Å². The van der Waals surface area contributed by atoms with Crippen LogP contribution in [0, 0.1) is 0 Å². The molecule has 0 bridgehead atoms. The summed E-state index contributed by atoms with van der Waals surface area (Å²) in [6.07, 6.45) is 0. The molecule has 0 unspecified atom stereocenters. The quantitative estimate of drug-likeness (QED) is 0.166. The molecule has 4 heteroatoms. The van der Waals surface area contributed by atoms with Crippen LogP contribution in [0.3, 0.4) is 0 Å². The van der Waals surface area contributed by atoms with Gasteiger partial charge in [0.1, 0.15) is 5.82 Å². The monoisotopic (exact) mass is 793 g/mol. The summed E-state index contributed by atoms with van der Waals surface area (Å²) in [5.41, 5.74) is 17.1. The van der Waals surface area contributed by atoms with Gasteiger partial charge in [-0.25, -0.2) is 9.97 Å². The largest absolute Gasteiger partial charge is 0.292 e. The topological polar surface area (TPSA) is 30.7 Å². The maximum atomic E-state index is 5.42. The van der Waals surface area contributed by atoms with E-state index in [0.29, 0.717) is 0 Å². The summed E-state index contributed by atoms with van der Waals surface area (Å²) < 4.78 is 2.25. The van der Waals surface area contributed by atoms with Gasteiger partial charge in [0, 0.05) is 37.4 Å². The molecule has 0 atom stereocenters. The van der Waals surface area contributed by atoms with Crippen molar-refractivity contribution in [2.45, 2.75) is 15.2 Å². The van der Waals surface area contributed by atoms with Crippen molar-refractivity contribution in [1.29, 1.82) is 0 Å². The second-order valence-electron chi connectivity index (χ2n) is 16.1. The molecule has 3 heterocycles. The van der Waals surface area contributed by atoms with Crippen LogP contribution in [0.4, 0.5) is 0 Å². The minimum absolute atomic E-state index is 0.436. The Morgan fingerprint density at radius 1 is 0.377 bits per heavy atom. The predicted molar refractivity (Wildman–Crippen MR) is 252 cm³/mol. The average Bonchev–Trinajstić information content (AvgIpc) is 3.85. The lowest BCUT2D eigenvalue weighted by atomic mass is 9.67. The number of fused-ring (bicyclic) bond motifs is 13. The number of imidazole rings is 1. The zero-order valence-corrected chi connectivity index (χ0v) is 33.8. The van der Waals surface area contributed by atoms with Gasteiger partial charge in [-0.2, -0.15) is 0 Å². The van der Waals surface area contributed by atoms with Gasteiger partial charge in [-0.15, -0.1) is 0 Å². The molecule has 1 aliphatic heterocycles. The van der Waals surface area contributed by atoms with Gasteiger partial charge >= 0.3 is 0 Å². The summed E-state index contributed by atoms with van der Waals surface area (Å²) in [5.74, 6) is 0.930. The van der Waals surface area contributed by atoms with Crippen LogP contribution < -0.4 is 0 Å². The summed E-state index contributed by atoms with van der Waals surface area (Å²) in [7, 11) is 0. The van der Waals surface area contributed by atoms with E-state index in [-0.39, 0.29) is 0 Å².